The first kappa shape index (κ1) is 25.4. The summed E-state index contributed by atoms with van der Waals surface area (Å²) in [6.45, 7) is 10.2. The van der Waals surface area contributed by atoms with E-state index in [0.29, 0.717) is 22.8 Å². The lowest BCUT2D eigenvalue weighted by Gasteiger charge is -2.32. The summed E-state index contributed by atoms with van der Waals surface area (Å²) in [4.78, 5) is 12.2. The lowest BCUT2D eigenvalue weighted by Crippen LogP contribution is -2.23. The predicted molar refractivity (Wildman–Crippen MR) is 139 cm³/mol. The second-order valence-electron chi connectivity index (χ2n) is 9.08. The van der Waals surface area contributed by atoms with E-state index in [1.807, 2.05) is 62.4 Å². The monoisotopic (exact) mass is 476 g/mol. The number of sulfone groups is 1. The number of benzene rings is 2. The van der Waals surface area contributed by atoms with E-state index in [1.165, 1.54) is 6.08 Å². The Bertz CT molecular complexity index is 1290. The van der Waals surface area contributed by atoms with Gasteiger partial charge >= 0.3 is 5.97 Å². The first-order valence-electron chi connectivity index (χ1n) is 11.4. The number of fused-ring (bicyclic) bond motifs is 1. The van der Waals surface area contributed by atoms with Crippen LogP contribution in [0.5, 0.6) is 0 Å². The molecule has 0 spiro atoms. The molecule has 0 amide bonds. The minimum Gasteiger partial charge on any atom is -0.463 e. The number of hydrogen-bond acceptors (Lipinski definition) is 4. The molecule has 1 aliphatic rings. The summed E-state index contributed by atoms with van der Waals surface area (Å²) in [5.41, 5.74) is 4.35. The maximum atomic E-state index is 13.5. The third-order valence-corrected chi connectivity index (χ3v) is 7.81. The molecule has 3 rings (SSSR count). The van der Waals surface area contributed by atoms with Crippen molar-refractivity contribution in [3.8, 4) is 0 Å². The fourth-order valence-electron chi connectivity index (χ4n) is 3.99. The molecule has 0 unspecified atom stereocenters. The Labute approximate surface area is 203 Å². The van der Waals surface area contributed by atoms with E-state index in [-0.39, 0.29) is 11.4 Å². The van der Waals surface area contributed by atoms with Gasteiger partial charge in [0.1, 0.15) is 0 Å². The van der Waals surface area contributed by atoms with Crippen LogP contribution >= 0.6 is 0 Å². The number of hydrogen-bond donors (Lipinski definition) is 0. The van der Waals surface area contributed by atoms with Crippen LogP contribution < -0.4 is 0 Å². The molecule has 0 saturated heterocycles. The highest BCUT2D eigenvalue weighted by molar-refractivity contribution is 8.00. The molecule has 1 aliphatic carbocycles. The molecule has 2 aromatic carbocycles. The zero-order chi connectivity index (χ0) is 24.9. The van der Waals surface area contributed by atoms with Gasteiger partial charge in [-0.2, -0.15) is 0 Å². The van der Waals surface area contributed by atoms with Gasteiger partial charge in [-0.3, -0.25) is 0 Å². The van der Waals surface area contributed by atoms with Crippen LogP contribution in [0.15, 0.2) is 89.4 Å². The second-order valence-corrected chi connectivity index (χ2v) is 11.0. The number of esters is 1. The third kappa shape index (κ3) is 5.65. The lowest BCUT2D eigenvalue weighted by molar-refractivity contribution is -0.137. The van der Waals surface area contributed by atoms with E-state index in [4.69, 9.17) is 4.74 Å². The second kappa shape index (κ2) is 10.4. The Morgan fingerprint density at radius 3 is 2.47 bits per heavy atom. The Balaban J connectivity index is 1.98. The van der Waals surface area contributed by atoms with Crippen molar-refractivity contribution in [2.75, 3.05) is 6.61 Å². The largest absolute Gasteiger partial charge is 0.463 e. The van der Waals surface area contributed by atoms with Crippen molar-refractivity contribution in [1.82, 2.24) is 0 Å². The van der Waals surface area contributed by atoms with E-state index in [0.717, 1.165) is 27.8 Å². The summed E-state index contributed by atoms with van der Waals surface area (Å²) < 4.78 is 31.9. The van der Waals surface area contributed by atoms with Crippen LogP contribution in [0.25, 0.3) is 10.5 Å². The summed E-state index contributed by atoms with van der Waals surface area (Å²) in [7, 11) is -3.64. The minimum atomic E-state index is -3.64. The first-order valence-corrected chi connectivity index (χ1v) is 12.9. The van der Waals surface area contributed by atoms with Crippen LogP contribution in [0.1, 0.15) is 57.7 Å². The molecular weight excluding hydrogens is 444 g/mol. The third-order valence-electron chi connectivity index (χ3n) is 5.95. The molecule has 34 heavy (non-hydrogen) atoms. The molecule has 0 N–H and O–H groups in total. The van der Waals surface area contributed by atoms with Crippen molar-refractivity contribution in [2.24, 2.45) is 0 Å². The maximum Gasteiger partial charge on any atom is 0.330 e. The van der Waals surface area contributed by atoms with Gasteiger partial charge in [-0.25, -0.2) is 13.2 Å². The maximum absolute atomic E-state index is 13.5. The highest BCUT2D eigenvalue weighted by Gasteiger charge is 2.33. The molecule has 4 nitrogen and oxygen atoms in total. The van der Waals surface area contributed by atoms with Gasteiger partial charge in [0.15, 0.2) is 0 Å². The zero-order valence-corrected chi connectivity index (χ0v) is 21.3. The molecule has 0 aromatic heterocycles. The summed E-state index contributed by atoms with van der Waals surface area (Å²) in [6, 6.07) is 14.6. The van der Waals surface area contributed by atoms with Gasteiger partial charge < -0.3 is 4.74 Å². The summed E-state index contributed by atoms with van der Waals surface area (Å²) in [5.74, 6) is -0.360. The van der Waals surface area contributed by atoms with Gasteiger partial charge in [-0.05, 0) is 78.6 Å². The zero-order valence-electron chi connectivity index (χ0n) is 20.5. The van der Waals surface area contributed by atoms with Crippen molar-refractivity contribution >= 4 is 26.3 Å². The molecule has 178 valence electrons. The van der Waals surface area contributed by atoms with E-state index < -0.39 is 9.84 Å². The highest BCUT2D eigenvalue weighted by atomic mass is 32.2. The molecule has 0 radical (unpaired) electrons. The molecule has 0 atom stereocenters. The smallest absolute Gasteiger partial charge is 0.330 e. The van der Waals surface area contributed by atoms with Crippen molar-refractivity contribution < 1.29 is 17.9 Å². The van der Waals surface area contributed by atoms with Crippen LogP contribution in [0.3, 0.4) is 0 Å². The Morgan fingerprint density at radius 1 is 1.09 bits per heavy atom. The average molecular weight is 477 g/mol. The Hall–Kier alpha value is -3.18. The minimum absolute atomic E-state index is 0.157. The first-order chi connectivity index (χ1) is 16.1. The average Bonchev–Trinajstić information content (AvgIpc) is 2.79. The van der Waals surface area contributed by atoms with Gasteiger partial charge in [0, 0.05) is 6.08 Å². The molecular formula is C29H32O4S. The van der Waals surface area contributed by atoms with Crippen LogP contribution in [-0.2, 0) is 24.8 Å². The van der Waals surface area contributed by atoms with Crippen LogP contribution in [0.4, 0.5) is 0 Å². The number of allylic oxidation sites excluding steroid dienone is 6. The van der Waals surface area contributed by atoms with Gasteiger partial charge in [0.05, 0.1) is 16.4 Å². The summed E-state index contributed by atoms with van der Waals surface area (Å²) in [6.07, 6.45) is 9.64. The van der Waals surface area contributed by atoms with Gasteiger partial charge in [0.2, 0.25) is 9.84 Å². The van der Waals surface area contributed by atoms with Crippen molar-refractivity contribution in [3.63, 3.8) is 0 Å². The van der Waals surface area contributed by atoms with Gasteiger partial charge in [0.25, 0.3) is 0 Å². The van der Waals surface area contributed by atoms with E-state index in [9.17, 15) is 13.2 Å². The Morgan fingerprint density at radius 2 is 1.79 bits per heavy atom. The summed E-state index contributed by atoms with van der Waals surface area (Å²) in [5, 5.41) is 0. The number of ether oxygens (including phenoxy) is 1. The van der Waals surface area contributed by atoms with Crippen molar-refractivity contribution in [3.05, 3.63) is 101 Å². The van der Waals surface area contributed by atoms with E-state index in [2.05, 4.69) is 13.8 Å². The van der Waals surface area contributed by atoms with Crippen LogP contribution in [-0.4, -0.2) is 21.0 Å². The fourth-order valence-corrected chi connectivity index (χ4v) is 5.52. The van der Waals surface area contributed by atoms with Crippen molar-refractivity contribution in [1.29, 1.82) is 0 Å². The SMILES string of the molecule is CCOC(=O)\C=C(C)/C=C/C=C(\C)c1ccc2c(c1)C(S(=O)(=O)c1ccccc1)=CCC2(C)C. The van der Waals surface area contributed by atoms with Crippen molar-refractivity contribution in [2.45, 2.75) is 51.3 Å². The number of rotatable bonds is 7. The molecule has 2 aromatic rings. The molecule has 0 saturated carbocycles. The Kier molecular flexibility index (Phi) is 7.78. The number of carbonyl (C=O) groups excluding carboxylic acids is 1. The molecule has 5 heteroatoms. The molecule has 0 heterocycles. The summed E-state index contributed by atoms with van der Waals surface area (Å²) >= 11 is 0. The van der Waals surface area contributed by atoms with Gasteiger partial charge in [-0.15, -0.1) is 0 Å². The topological polar surface area (TPSA) is 60.4 Å². The normalized spacial score (nSPS) is 16.2. The van der Waals surface area contributed by atoms with E-state index in [1.54, 1.807) is 31.2 Å². The molecule has 0 fully saturated rings. The highest BCUT2D eigenvalue weighted by Crippen LogP contribution is 2.43. The van der Waals surface area contributed by atoms with E-state index >= 15 is 0 Å². The van der Waals surface area contributed by atoms with Gasteiger partial charge in [-0.1, -0.05) is 68.5 Å². The lowest BCUT2D eigenvalue weighted by atomic mass is 9.75. The van der Waals surface area contributed by atoms with Crippen LogP contribution in [0.2, 0.25) is 0 Å². The van der Waals surface area contributed by atoms with Crippen LogP contribution in [0, 0.1) is 0 Å². The number of carbonyl (C=O) groups is 1. The quantitative estimate of drug-likeness (QED) is 0.255. The fraction of sp³-hybridized carbons (Fsp3) is 0.276. The standard InChI is InChI=1S/C29H32O4S/c1-6-33-28(30)19-21(2)11-10-12-22(3)23-15-16-26-25(20-23)27(17-18-29(26,4)5)34(31,32)24-13-8-7-9-14-24/h7-17,19-20H,6,18H2,1-5H3/b11-10+,21-19-,22-12+. The molecule has 0 bridgehead atoms. The molecule has 0 aliphatic heterocycles. The predicted octanol–water partition coefficient (Wildman–Crippen LogP) is 6.65.